The van der Waals surface area contributed by atoms with Crippen LogP contribution in [-0.2, 0) is 21.5 Å². The Morgan fingerprint density at radius 2 is 1.74 bits per heavy atom. The molecule has 0 amide bonds. The van der Waals surface area contributed by atoms with E-state index in [0.717, 1.165) is 29.6 Å². The SMILES string of the molecule is OC(C1=Cc2cnn(-c3ccccc3)c2CC1)(c1ccc(F)c(C2OCCCO2)c1)C(F)(F)F. The number of fused-ring (bicyclic) bond motifs is 1. The van der Waals surface area contributed by atoms with Crippen LogP contribution in [0.15, 0.2) is 60.3 Å². The van der Waals surface area contributed by atoms with E-state index in [-0.39, 0.29) is 24.0 Å². The normalized spacial score (nSPS) is 18.8. The Kier molecular flexibility index (Phi) is 5.79. The lowest BCUT2D eigenvalue weighted by atomic mass is 9.79. The molecule has 0 spiro atoms. The highest BCUT2D eigenvalue weighted by Gasteiger charge is 2.57. The van der Waals surface area contributed by atoms with Gasteiger partial charge in [0.05, 0.1) is 30.8 Å². The van der Waals surface area contributed by atoms with Crippen molar-refractivity contribution in [3.63, 3.8) is 0 Å². The van der Waals surface area contributed by atoms with E-state index in [4.69, 9.17) is 9.47 Å². The van der Waals surface area contributed by atoms with Gasteiger partial charge in [0.25, 0.3) is 0 Å². The van der Waals surface area contributed by atoms with Crippen LogP contribution >= 0.6 is 0 Å². The fourth-order valence-electron chi connectivity index (χ4n) is 4.50. The zero-order valence-electron chi connectivity index (χ0n) is 18.1. The number of para-hydroxylation sites is 1. The molecule has 1 N–H and O–H groups in total. The van der Waals surface area contributed by atoms with Crippen LogP contribution in [0.25, 0.3) is 11.8 Å². The minimum Gasteiger partial charge on any atom is -0.372 e. The van der Waals surface area contributed by atoms with Gasteiger partial charge in [-0.1, -0.05) is 24.3 Å². The zero-order valence-corrected chi connectivity index (χ0v) is 18.1. The fourth-order valence-corrected chi connectivity index (χ4v) is 4.50. The van der Waals surface area contributed by atoms with Gasteiger partial charge in [-0.3, -0.25) is 0 Å². The summed E-state index contributed by atoms with van der Waals surface area (Å²) in [5.41, 5.74) is -2.16. The predicted octanol–water partition coefficient (Wildman–Crippen LogP) is 5.23. The molecular weight excluding hydrogens is 452 g/mol. The van der Waals surface area contributed by atoms with E-state index in [1.54, 1.807) is 4.68 Å². The molecule has 2 aliphatic rings. The van der Waals surface area contributed by atoms with Gasteiger partial charge >= 0.3 is 6.18 Å². The number of aromatic nitrogens is 2. The highest BCUT2D eigenvalue weighted by molar-refractivity contribution is 5.62. The minimum absolute atomic E-state index is 0.0509. The fraction of sp³-hybridized carbons (Fsp3) is 0.320. The van der Waals surface area contributed by atoms with Crippen LogP contribution in [0, 0.1) is 5.82 Å². The molecule has 2 aromatic carbocycles. The lowest BCUT2D eigenvalue weighted by Crippen LogP contribution is -2.44. The van der Waals surface area contributed by atoms with Crippen LogP contribution < -0.4 is 0 Å². The van der Waals surface area contributed by atoms with Gasteiger partial charge < -0.3 is 14.6 Å². The van der Waals surface area contributed by atoms with Crippen molar-refractivity contribution < 1.29 is 32.1 Å². The largest absolute Gasteiger partial charge is 0.425 e. The van der Waals surface area contributed by atoms with Crippen molar-refractivity contribution in [3.8, 4) is 5.69 Å². The van der Waals surface area contributed by atoms with Gasteiger partial charge in [-0.25, -0.2) is 9.07 Å². The van der Waals surface area contributed by atoms with E-state index in [1.807, 2.05) is 30.3 Å². The molecule has 2 heterocycles. The topological polar surface area (TPSA) is 56.5 Å². The molecule has 1 atom stereocenters. The first-order valence-corrected chi connectivity index (χ1v) is 10.9. The molecule has 1 unspecified atom stereocenters. The molecule has 178 valence electrons. The number of alkyl halides is 3. The number of halogens is 4. The third kappa shape index (κ3) is 3.83. The number of hydrogen-bond donors (Lipinski definition) is 1. The monoisotopic (exact) mass is 474 g/mol. The Hall–Kier alpha value is -3.01. The maximum Gasteiger partial charge on any atom is 0.425 e. The molecule has 0 bridgehead atoms. The van der Waals surface area contributed by atoms with Crippen LogP contribution in [0.4, 0.5) is 17.6 Å². The molecule has 1 aliphatic heterocycles. The van der Waals surface area contributed by atoms with Gasteiger partial charge in [-0.2, -0.15) is 18.3 Å². The molecule has 3 aromatic rings. The predicted molar refractivity (Wildman–Crippen MR) is 115 cm³/mol. The van der Waals surface area contributed by atoms with Crippen LogP contribution in [0.2, 0.25) is 0 Å². The Bertz CT molecular complexity index is 1220. The summed E-state index contributed by atoms with van der Waals surface area (Å²) in [6.07, 6.45) is -2.55. The zero-order chi connectivity index (χ0) is 23.9. The van der Waals surface area contributed by atoms with E-state index in [1.165, 1.54) is 12.3 Å². The molecule has 1 aromatic heterocycles. The number of aliphatic hydroxyl groups is 1. The molecule has 0 radical (unpaired) electrons. The molecule has 1 aliphatic carbocycles. The molecule has 9 heteroatoms. The minimum atomic E-state index is -5.05. The molecular formula is C25H22F4N2O3. The summed E-state index contributed by atoms with van der Waals surface area (Å²) < 4.78 is 70.2. The second kappa shape index (κ2) is 8.65. The highest BCUT2D eigenvalue weighted by atomic mass is 19.4. The van der Waals surface area contributed by atoms with Gasteiger partial charge in [-0.05, 0) is 60.7 Å². The van der Waals surface area contributed by atoms with Crippen molar-refractivity contribution in [2.24, 2.45) is 0 Å². The van der Waals surface area contributed by atoms with E-state index in [9.17, 15) is 22.7 Å². The average Bonchev–Trinajstić information content (AvgIpc) is 3.27. The van der Waals surface area contributed by atoms with Gasteiger partial charge in [0.2, 0.25) is 5.60 Å². The Labute approximate surface area is 193 Å². The number of benzene rings is 2. The lowest BCUT2D eigenvalue weighted by Gasteiger charge is -2.35. The molecule has 5 rings (SSSR count). The first kappa shape index (κ1) is 22.8. The van der Waals surface area contributed by atoms with Crippen molar-refractivity contribution in [2.75, 3.05) is 13.2 Å². The molecule has 5 nitrogen and oxygen atoms in total. The Morgan fingerprint density at radius 3 is 2.44 bits per heavy atom. The summed E-state index contributed by atoms with van der Waals surface area (Å²) in [7, 11) is 0. The standard InChI is InChI=1S/C25H22F4N2O3/c26-21-9-7-18(14-20(21)23-33-11-4-12-34-23)24(32,25(27,28)29)17-8-10-22-16(13-17)15-30-31(22)19-5-2-1-3-6-19/h1-3,5-7,9,13-15,23,32H,4,8,10-12H2. The van der Waals surface area contributed by atoms with Gasteiger partial charge in [0.1, 0.15) is 5.82 Å². The van der Waals surface area contributed by atoms with Gasteiger partial charge in [0.15, 0.2) is 6.29 Å². The van der Waals surface area contributed by atoms with Crippen molar-refractivity contribution >= 4 is 6.08 Å². The van der Waals surface area contributed by atoms with Crippen molar-refractivity contribution in [1.29, 1.82) is 0 Å². The van der Waals surface area contributed by atoms with Gasteiger partial charge in [-0.15, -0.1) is 0 Å². The van der Waals surface area contributed by atoms with E-state index >= 15 is 0 Å². The maximum absolute atomic E-state index is 14.5. The molecule has 1 fully saturated rings. The van der Waals surface area contributed by atoms with E-state index < -0.39 is 29.4 Å². The number of rotatable bonds is 4. The average molecular weight is 474 g/mol. The Morgan fingerprint density at radius 1 is 1.00 bits per heavy atom. The molecule has 34 heavy (non-hydrogen) atoms. The smallest absolute Gasteiger partial charge is 0.372 e. The van der Waals surface area contributed by atoms with Gasteiger partial charge in [0, 0.05) is 11.1 Å². The number of ether oxygens (including phenoxy) is 2. The summed E-state index contributed by atoms with van der Waals surface area (Å²) >= 11 is 0. The van der Waals surface area contributed by atoms with Crippen LogP contribution in [0.3, 0.4) is 0 Å². The third-order valence-corrected chi connectivity index (χ3v) is 6.23. The van der Waals surface area contributed by atoms with Crippen LogP contribution in [0.5, 0.6) is 0 Å². The summed E-state index contributed by atoms with van der Waals surface area (Å²) in [6, 6.07) is 12.1. The third-order valence-electron chi connectivity index (χ3n) is 6.23. The summed E-state index contributed by atoms with van der Waals surface area (Å²) in [5.74, 6) is -0.760. The molecule has 0 saturated carbocycles. The van der Waals surface area contributed by atoms with Crippen molar-refractivity contribution in [3.05, 3.63) is 88.5 Å². The second-order valence-electron chi connectivity index (χ2n) is 8.34. The summed E-state index contributed by atoms with van der Waals surface area (Å²) in [6.45, 7) is 0.606. The van der Waals surface area contributed by atoms with Crippen molar-refractivity contribution in [2.45, 2.75) is 37.3 Å². The van der Waals surface area contributed by atoms with E-state index in [2.05, 4.69) is 5.10 Å². The number of hydrogen-bond acceptors (Lipinski definition) is 4. The van der Waals surface area contributed by atoms with Crippen LogP contribution in [0.1, 0.15) is 41.5 Å². The summed E-state index contributed by atoms with van der Waals surface area (Å²) in [4.78, 5) is 0. The Balaban J connectivity index is 1.57. The van der Waals surface area contributed by atoms with Crippen molar-refractivity contribution in [1.82, 2.24) is 9.78 Å². The number of nitrogens with zero attached hydrogens (tertiary/aromatic N) is 2. The first-order valence-electron chi connectivity index (χ1n) is 10.9. The maximum atomic E-state index is 14.5. The molecule has 1 saturated heterocycles. The quantitative estimate of drug-likeness (QED) is 0.527. The lowest BCUT2D eigenvalue weighted by molar-refractivity contribution is -0.250. The highest BCUT2D eigenvalue weighted by Crippen LogP contribution is 2.48. The van der Waals surface area contributed by atoms with E-state index in [0.29, 0.717) is 25.2 Å². The van der Waals surface area contributed by atoms with Crippen LogP contribution in [-0.4, -0.2) is 34.3 Å². The summed E-state index contributed by atoms with van der Waals surface area (Å²) in [5, 5.41) is 15.5. The second-order valence-corrected chi connectivity index (χ2v) is 8.34. The first-order chi connectivity index (χ1) is 16.3.